The van der Waals surface area contributed by atoms with Gasteiger partial charge in [-0.05, 0) is 31.6 Å². The minimum atomic E-state index is -0.0425. The van der Waals surface area contributed by atoms with Gasteiger partial charge < -0.3 is 14.4 Å². The van der Waals surface area contributed by atoms with Gasteiger partial charge in [-0.25, -0.2) is 4.98 Å². The van der Waals surface area contributed by atoms with Crippen molar-refractivity contribution in [2.24, 2.45) is 5.92 Å². The Balaban J connectivity index is 1.40. The summed E-state index contributed by atoms with van der Waals surface area (Å²) >= 11 is 0. The number of nitrogens with zero attached hydrogens (tertiary/aromatic N) is 4. The number of piperidine rings is 1. The Morgan fingerprint density at radius 1 is 1.12 bits per heavy atom. The van der Waals surface area contributed by atoms with Crippen LogP contribution in [0.3, 0.4) is 0 Å². The van der Waals surface area contributed by atoms with Gasteiger partial charge in [-0.3, -0.25) is 9.88 Å². The smallest absolute Gasteiger partial charge is 0.147 e. The number of hydrogen-bond donors (Lipinski definition) is 0. The van der Waals surface area contributed by atoms with Crippen LogP contribution in [0.15, 0.2) is 18.6 Å². The van der Waals surface area contributed by atoms with Crippen molar-refractivity contribution in [3.8, 4) is 0 Å². The topological polar surface area (TPSA) is 50.7 Å². The van der Waals surface area contributed by atoms with E-state index >= 15 is 0 Å². The predicted molar refractivity (Wildman–Crippen MR) is 92.1 cm³/mol. The van der Waals surface area contributed by atoms with Crippen LogP contribution in [-0.4, -0.2) is 73.0 Å². The maximum absolute atomic E-state index is 6.32. The lowest BCUT2D eigenvalue weighted by Gasteiger charge is -2.49. The first-order chi connectivity index (χ1) is 11.8. The van der Waals surface area contributed by atoms with Crippen LogP contribution in [0.2, 0.25) is 0 Å². The Hall–Kier alpha value is -1.24. The molecule has 4 heterocycles. The average molecular weight is 332 g/mol. The van der Waals surface area contributed by atoms with E-state index in [1.807, 2.05) is 6.20 Å². The van der Waals surface area contributed by atoms with Gasteiger partial charge in [0.15, 0.2) is 0 Å². The highest BCUT2D eigenvalue weighted by atomic mass is 16.5. The van der Waals surface area contributed by atoms with Crippen LogP contribution in [0, 0.1) is 5.92 Å². The van der Waals surface area contributed by atoms with E-state index in [9.17, 15) is 0 Å². The fraction of sp³-hybridized carbons (Fsp3) is 0.778. The molecule has 3 fully saturated rings. The molecule has 6 nitrogen and oxygen atoms in total. The van der Waals surface area contributed by atoms with Crippen molar-refractivity contribution in [2.45, 2.75) is 31.3 Å². The van der Waals surface area contributed by atoms with Crippen molar-refractivity contribution >= 4 is 5.82 Å². The molecule has 24 heavy (non-hydrogen) atoms. The van der Waals surface area contributed by atoms with E-state index < -0.39 is 0 Å². The second-order valence-corrected chi connectivity index (χ2v) is 7.41. The molecule has 3 saturated heterocycles. The molecule has 6 heteroatoms. The standard InChI is InChI=1S/C18H28N4O2/c1-4-18(15-22(7-1)17-12-19-5-6-20-17)14-21(8-11-24-18)13-16-2-9-23-10-3-16/h5-6,12,16H,1-4,7-11,13-15H2/t18-/m0/s1. The van der Waals surface area contributed by atoms with Crippen LogP contribution >= 0.6 is 0 Å². The van der Waals surface area contributed by atoms with Crippen molar-refractivity contribution in [3.05, 3.63) is 18.6 Å². The molecule has 0 bridgehead atoms. The van der Waals surface area contributed by atoms with Crippen LogP contribution in [0.5, 0.6) is 0 Å². The zero-order valence-electron chi connectivity index (χ0n) is 14.4. The summed E-state index contributed by atoms with van der Waals surface area (Å²) in [6.45, 7) is 7.98. The summed E-state index contributed by atoms with van der Waals surface area (Å²) in [7, 11) is 0. The second kappa shape index (κ2) is 7.33. The van der Waals surface area contributed by atoms with E-state index in [2.05, 4.69) is 19.8 Å². The first-order valence-corrected chi connectivity index (χ1v) is 9.28. The Morgan fingerprint density at radius 3 is 2.88 bits per heavy atom. The van der Waals surface area contributed by atoms with Gasteiger partial charge in [0.2, 0.25) is 0 Å². The van der Waals surface area contributed by atoms with Crippen molar-refractivity contribution in [1.82, 2.24) is 14.9 Å². The molecule has 0 aliphatic carbocycles. The van der Waals surface area contributed by atoms with Gasteiger partial charge in [-0.2, -0.15) is 0 Å². The summed E-state index contributed by atoms with van der Waals surface area (Å²) in [6, 6.07) is 0. The average Bonchev–Trinajstić information content (AvgIpc) is 2.63. The Kier molecular flexibility index (Phi) is 4.96. The van der Waals surface area contributed by atoms with Crippen molar-refractivity contribution < 1.29 is 9.47 Å². The third-order valence-electron chi connectivity index (χ3n) is 5.60. The van der Waals surface area contributed by atoms with Gasteiger partial charge in [-0.15, -0.1) is 0 Å². The van der Waals surface area contributed by atoms with Gasteiger partial charge in [0.1, 0.15) is 5.82 Å². The Labute approximate surface area is 144 Å². The highest BCUT2D eigenvalue weighted by Crippen LogP contribution is 2.31. The Morgan fingerprint density at radius 2 is 2.04 bits per heavy atom. The van der Waals surface area contributed by atoms with Crippen LogP contribution in [0.25, 0.3) is 0 Å². The molecule has 1 atom stereocenters. The second-order valence-electron chi connectivity index (χ2n) is 7.41. The SMILES string of the molecule is c1cnc(N2CCC[C@]3(CN(CC4CCOCC4)CCO3)C2)cn1. The molecule has 0 N–H and O–H groups in total. The summed E-state index contributed by atoms with van der Waals surface area (Å²) in [5, 5.41) is 0. The van der Waals surface area contributed by atoms with Gasteiger partial charge >= 0.3 is 0 Å². The maximum atomic E-state index is 6.32. The van der Waals surface area contributed by atoms with Crippen molar-refractivity contribution in [2.75, 3.05) is 57.4 Å². The lowest BCUT2D eigenvalue weighted by Crippen LogP contribution is -2.60. The summed E-state index contributed by atoms with van der Waals surface area (Å²) in [6.07, 6.45) is 10.1. The number of ether oxygens (including phenoxy) is 2. The highest BCUT2D eigenvalue weighted by molar-refractivity contribution is 5.36. The monoisotopic (exact) mass is 332 g/mol. The zero-order valence-corrected chi connectivity index (χ0v) is 14.4. The van der Waals surface area contributed by atoms with E-state index in [1.54, 1.807) is 12.4 Å². The number of morpholine rings is 1. The molecule has 0 amide bonds. The van der Waals surface area contributed by atoms with Gasteiger partial charge in [0.25, 0.3) is 0 Å². The summed E-state index contributed by atoms with van der Waals surface area (Å²) in [5.41, 5.74) is -0.0425. The fourth-order valence-electron chi connectivity index (χ4n) is 4.37. The maximum Gasteiger partial charge on any atom is 0.147 e. The normalized spacial score (nSPS) is 29.9. The van der Waals surface area contributed by atoms with Crippen molar-refractivity contribution in [1.29, 1.82) is 0 Å². The third kappa shape index (κ3) is 3.71. The van der Waals surface area contributed by atoms with Crippen LogP contribution in [0.4, 0.5) is 5.82 Å². The largest absolute Gasteiger partial charge is 0.381 e. The number of rotatable bonds is 3. The van der Waals surface area contributed by atoms with Gasteiger partial charge in [0.05, 0.1) is 18.4 Å². The molecule has 1 aromatic rings. The molecule has 0 unspecified atom stereocenters. The number of anilines is 1. The molecule has 1 aromatic heterocycles. The molecule has 3 aliphatic rings. The molecule has 0 aromatic carbocycles. The Bertz CT molecular complexity index is 519. The molecular formula is C18H28N4O2. The van der Waals surface area contributed by atoms with Crippen LogP contribution in [-0.2, 0) is 9.47 Å². The van der Waals surface area contributed by atoms with Crippen LogP contribution in [0.1, 0.15) is 25.7 Å². The highest BCUT2D eigenvalue weighted by Gasteiger charge is 2.41. The molecule has 0 saturated carbocycles. The molecule has 0 radical (unpaired) electrons. The van der Waals surface area contributed by atoms with Crippen LogP contribution < -0.4 is 4.90 Å². The lowest BCUT2D eigenvalue weighted by atomic mass is 9.89. The number of aromatic nitrogens is 2. The summed E-state index contributed by atoms with van der Waals surface area (Å²) in [4.78, 5) is 13.7. The van der Waals surface area contributed by atoms with E-state index in [0.29, 0.717) is 0 Å². The molecule has 1 spiro atoms. The van der Waals surface area contributed by atoms with E-state index in [1.165, 1.54) is 19.4 Å². The molecule has 132 valence electrons. The van der Waals surface area contributed by atoms with Gasteiger partial charge in [-0.1, -0.05) is 0 Å². The summed E-state index contributed by atoms with van der Waals surface area (Å²) in [5.74, 6) is 1.76. The first kappa shape index (κ1) is 16.2. The minimum Gasteiger partial charge on any atom is -0.381 e. The third-order valence-corrected chi connectivity index (χ3v) is 5.60. The predicted octanol–water partition coefficient (Wildman–Crippen LogP) is 1.57. The fourth-order valence-corrected chi connectivity index (χ4v) is 4.37. The quantitative estimate of drug-likeness (QED) is 0.837. The molecule has 3 aliphatic heterocycles. The lowest BCUT2D eigenvalue weighted by molar-refractivity contribution is -0.118. The molecular weight excluding hydrogens is 304 g/mol. The van der Waals surface area contributed by atoms with E-state index in [-0.39, 0.29) is 5.60 Å². The minimum absolute atomic E-state index is 0.0425. The molecule has 4 rings (SSSR count). The van der Waals surface area contributed by atoms with Crippen molar-refractivity contribution in [3.63, 3.8) is 0 Å². The first-order valence-electron chi connectivity index (χ1n) is 9.28. The zero-order chi connectivity index (χ0) is 16.2. The van der Waals surface area contributed by atoms with Gasteiger partial charge in [0, 0.05) is 58.3 Å². The number of hydrogen-bond acceptors (Lipinski definition) is 6. The van der Waals surface area contributed by atoms with E-state index in [0.717, 1.165) is 70.6 Å². The van der Waals surface area contributed by atoms with E-state index in [4.69, 9.17) is 9.47 Å². The summed E-state index contributed by atoms with van der Waals surface area (Å²) < 4.78 is 11.8.